The lowest BCUT2D eigenvalue weighted by atomic mass is 9.77. The fraction of sp³-hybridized carbons (Fsp3) is 0.417. The molecule has 0 heterocycles. The maximum Gasteiger partial charge on any atom is 0.307 e. The molecule has 2 rings (SSSR count). The third-order valence-electron chi connectivity index (χ3n) is 2.96. The summed E-state index contributed by atoms with van der Waals surface area (Å²) in [5, 5.41) is 9.40. The number of hydrogen-bond acceptors (Lipinski definition) is 2. The van der Waals surface area contributed by atoms with Crippen molar-refractivity contribution < 1.29 is 14.6 Å². The highest BCUT2D eigenvalue weighted by atomic mass is 79.9. The van der Waals surface area contributed by atoms with Gasteiger partial charge in [0.25, 0.3) is 0 Å². The molecule has 0 aliphatic heterocycles. The van der Waals surface area contributed by atoms with Gasteiger partial charge < -0.3 is 9.84 Å². The number of benzene rings is 1. The van der Waals surface area contributed by atoms with Crippen molar-refractivity contribution in [3.05, 3.63) is 27.7 Å². The van der Waals surface area contributed by atoms with Gasteiger partial charge in [0.15, 0.2) is 0 Å². The summed E-state index contributed by atoms with van der Waals surface area (Å²) in [4.78, 5) is 10.8. The minimum absolute atomic E-state index is 0.0237. The Morgan fingerprint density at radius 3 is 2.76 bits per heavy atom. The largest absolute Gasteiger partial charge is 0.485 e. The summed E-state index contributed by atoms with van der Waals surface area (Å²) >= 11 is 9.37. The second-order valence-corrected chi connectivity index (χ2v) is 5.61. The predicted molar refractivity (Wildman–Crippen MR) is 68.6 cm³/mol. The lowest BCUT2D eigenvalue weighted by Crippen LogP contribution is -2.45. The molecule has 1 fully saturated rings. The van der Waals surface area contributed by atoms with Crippen LogP contribution in [-0.4, -0.2) is 16.7 Å². The number of carboxylic acids is 1. The highest BCUT2D eigenvalue weighted by molar-refractivity contribution is 9.10. The van der Waals surface area contributed by atoms with E-state index in [-0.39, 0.29) is 6.42 Å². The first-order chi connectivity index (χ1) is 8.01. The summed E-state index contributed by atoms with van der Waals surface area (Å²) in [5.74, 6) is -0.294. The lowest BCUT2D eigenvalue weighted by molar-refractivity contribution is -0.144. The Hall–Kier alpha value is -0.740. The van der Waals surface area contributed by atoms with Crippen LogP contribution in [0.3, 0.4) is 0 Å². The molecule has 0 unspecified atom stereocenters. The number of ether oxygens (including phenoxy) is 1. The molecule has 0 saturated heterocycles. The minimum Gasteiger partial charge on any atom is -0.485 e. The van der Waals surface area contributed by atoms with Gasteiger partial charge in [0, 0.05) is 4.47 Å². The third-order valence-corrected chi connectivity index (χ3v) is 3.76. The van der Waals surface area contributed by atoms with Gasteiger partial charge in [-0.25, -0.2) is 0 Å². The number of aliphatic carboxylic acids is 1. The lowest BCUT2D eigenvalue weighted by Gasteiger charge is -2.41. The standard InChI is InChI=1S/C12H12BrClO3/c13-8-2-3-9(14)10(6-8)17-12(4-1-5-12)7-11(15)16/h2-3,6H,1,4-5,7H2,(H,15,16). The van der Waals surface area contributed by atoms with Gasteiger partial charge in [0.2, 0.25) is 0 Å². The van der Waals surface area contributed by atoms with Crippen LogP contribution in [0, 0.1) is 0 Å². The van der Waals surface area contributed by atoms with Crippen LogP contribution in [0.2, 0.25) is 5.02 Å². The van der Waals surface area contributed by atoms with Crippen LogP contribution in [0.25, 0.3) is 0 Å². The van der Waals surface area contributed by atoms with E-state index in [0.29, 0.717) is 10.8 Å². The van der Waals surface area contributed by atoms with Crippen molar-refractivity contribution in [1.29, 1.82) is 0 Å². The number of carbonyl (C=O) groups is 1. The molecule has 5 heteroatoms. The molecule has 1 N–H and O–H groups in total. The van der Waals surface area contributed by atoms with Crippen LogP contribution < -0.4 is 4.74 Å². The molecular weight excluding hydrogens is 307 g/mol. The minimum atomic E-state index is -0.837. The Balaban J connectivity index is 2.18. The SMILES string of the molecule is O=C(O)CC1(Oc2cc(Br)ccc2Cl)CCC1. The summed E-state index contributed by atoms with van der Waals surface area (Å²) in [6, 6.07) is 5.32. The molecule has 3 nitrogen and oxygen atoms in total. The molecular formula is C12H12BrClO3. The zero-order chi connectivity index (χ0) is 12.5. The van der Waals surface area contributed by atoms with Gasteiger partial charge in [-0.05, 0) is 37.5 Å². The van der Waals surface area contributed by atoms with E-state index in [0.717, 1.165) is 23.7 Å². The van der Waals surface area contributed by atoms with E-state index in [1.165, 1.54) is 0 Å². The van der Waals surface area contributed by atoms with E-state index in [1.807, 2.05) is 6.07 Å². The number of rotatable bonds is 4. The van der Waals surface area contributed by atoms with Gasteiger partial charge >= 0.3 is 5.97 Å². The molecule has 1 aliphatic carbocycles. The number of halogens is 2. The Labute approximate surface area is 113 Å². The van der Waals surface area contributed by atoms with Gasteiger partial charge in [-0.1, -0.05) is 27.5 Å². The molecule has 0 atom stereocenters. The quantitative estimate of drug-likeness (QED) is 0.916. The normalized spacial score (nSPS) is 17.3. The van der Waals surface area contributed by atoms with Crippen molar-refractivity contribution in [2.45, 2.75) is 31.3 Å². The van der Waals surface area contributed by atoms with Gasteiger partial charge in [-0.15, -0.1) is 0 Å². The molecule has 0 radical (unpaired) electrons. The van der Waals surface area contributed by atoms with Crippen LogP contribution in [0.4, 0.5) is 0 Å². The van der Waals surface area contributed by atoms with Gasteiger partial charge in [-0.2, -0.15) is 0 Å². The first-order valence-corrected chi connectivity index (χ1v) is 6.54. The molecule has 0 amide bonds. The van der Waals surface area contributed by atoms with E-state index in [4.69, 9.17) is 21.4 Å². The smallest absolute Gasteiger partial charge is 0.307 e. The molecule has 1 saturated carbocycles. The average molecular weight is 320 g/mol. The Kier molecular flexibility index (Phi) is 3.64. The van der Waals surface area contributed by atoms with Gasteiger partial charge in [0.05, 0.1) is 11.4 Å². The second-order valence-electron chi connectivity index (χ2n) is 4.28. The Morgan fingerprint density at radius 1 is 1.53 bits per heavy atom. The molecule has 1 aromatic carbocycles. The van der Waals surface area contributed by atoms with Gasteiger partial charge in [0.1, 0.15) is 11.4 Å². The first-order valence-electron chi connectivity index (χ1n) is 5.37. The van der Waals surface area contributed by atoms with Crippen molar-refractivity contribution >= 4 is 33.5 Å². The predicted octanol–water partition coefficient (Wildman–Crippen LogP) is 3.88. The van der Waals surface area contributed by atoms with E-state index in [1.54, 1.807) is 12.1 Å². The zero-order valence-corrected chi connectivity index (χ0v) is 11.4. The van der Waals surface area contributed by atoms with Crippen LogP contribution in [0.15, 0.2) is 22.7 Å². The summed E-state index contributed by atoms with van der Waals surface area (Å²) in [6.07, 6.45) is 2.55. The molecule has 0 aromatic heterocycles. The van der Waals surface area contributed by atoms with E-state index < -0.39 is 11.6 Å². The summed E-state index contributed by atoms with van der Waals surface area (Å²) < 4.78 is 6.68. The van der Waals surface area contributed by atoms with Crippen molar-refractivity contribution in [2.24, 2.45) is 0 Å². The van der Waals surface area contributed by atoms with Crippen LogP contribution in [-0.2, 0) is 4.79 Å². The maximum absolute atomic E-state index is 10.8. The van der Waals surface area contributed by atoms with Crippen LogP contribution >= 0.6 is 27.5 Å². The topological polar surface area (TPSA) is 46.5 Å². The zero-order valence-electron chi connectivity index (χ0n) is 9.08. The van der Waals surface area contributed by atoms with E-state index in [9.17, 15) is 4.79 Å². The van der Waals surface area contributed by atoms with Gasteiger partial charge in [-0.3, -0.25) is 4.79 Å². The molecule has 0 spiro atoms. The van der Waals surface area contributed by atoms with Crippen molar-refractivity contribution in [2.75, 3.05) is 0 Å². The highest BCUT2D eigenvalue weighted by Crippen LogP contribution is 2.41. The summed E-state index contributed by atoms with van der Waals surface area (Å²) in [5.41, 5.74) is -0.573. The fourth-order valence-corrected chi connectivity index (χ4v) is 2.45. The average Bonchev–Trinajstić information content (AvgIpc) is 2.19. The molecule has 1 aliphatic rings. The van der Waals surface area contributed by atoms with Crippen molar-refractivity contribution in [3.8, 4) is 5.75 Å². The maximum atomic E-state index is 10.8. The second kappa shape index (κ2) is 4.86. The van der Waals surface area contributed by atoms with Crippen LogP contribution in [0.5, 0.6) is 5.75 Å². The fourth-order valence-electron chi connectivity index (χ4n) is 1.95. The van der Waals surface area contributed by atoms with Crippen LogP contribution in [0.1, 0.15) is 25.7 Å². The summed E-state index contributed by atoms with van der Waals surface area (Å²) in [7, 11) is 0. The monoisotopic (exact) mass is 318 g/mol. The van der Waals surface area contributed by atoms with Crippen molar-refractivity contribution in [3.63, 3.8) is 0 Å². The Bertz CT molecular complexity index is 443. The number of carboxylic acid groups (broad SMARTS) is 1. The summed E-state index contributed by atoms with van der Waals surface area (Å²) in [6.45, 7) is 0. The molecule has 1 aromatic rings. The van der Waals surface area contributed by atoms with E-state index in [2.05, 4.69) is 15.9 Å². The third kappa shape index (κ3) is 2.93. The van der Waals surface area contributed by atoms with Crippen molar-refractivity contribution in [1.82, 2.24) is 0 Å². The molecule has 17 heavy (non-hydrogen) atoms. The first kappa shape index (κ1) is 12.7. The highest BCUT2D eigenvalue weighted by Gasteiger charge is 2.41. The number of hydrogen-bond donors (Lipinski definition) is 1. The van der Waals surface area contributed by atoms with E-state index >= 15 is 0 Å². The molecule has 92 valence electrons. The Morgan fingerprint density at radius 2 is 2.24 bits per heavy atom. The molecule has 0 bridgehead atoms.